The summed E-state index contributed by atoms with van der Waals surface area (Å²) in [7, 11) is 0. The third kappa shape index (κ3) is 1.78. The minimum atomic E-state index is -0.660. The predicted octanol–water partition coefficient (Wildman–Crippen LogP) is 2.73. The second-order valence-corrected chi connectivity index (χ2v) is 8.54. The van der Waals surface area contributed by atoms with Gasteiger partial charge in [-0.2, -0.15) is 0 Å². The lowest BCUT2D eigenvalue weighted by Crippen LogP contribution is -2.59. The molecule has 1 heterocycles. The number of hydrogen-bond acceptors (Lipinski definition) is 4. The number of carbonyl (C=O) groups is 1. The van der Waals surface area contributed by atoms with Crippen molar-refractivity contribution in [3.63, 3.8) is 0 Å². The standard InChI is InChI=1S/C17H27NO3S/c1-9(2)13(19)10(3)14(20)18-15(22)21-12-8-11-6-7-17(12,18)16(11,4)5/h9-13,19H,6-8H2,1-5H3/t10-,11?,12?,13+,17?/m1/s1. The van der Waals surface area contributed by atoms with Crippen LogP contribution in [0.4, 0.5) is 0 Å². The van der Waals surface area contributed by atoms with Gasteiger partial charge in [0.1, 0.15) is 6.10 Å². The van der Waals surface area contributed by atoms with E-state index in [1.54, 1.807) is 11.8 Å². The number of aliphatic hydroxyl groups excluding tert-OH is 1. The lowest BCUT2D eigenvalue weighted by molar-refractivity contribution is -0.142. The van der Waals surface area contributed by atoms with Gasteiger partial charge in [0.15, 0.2) is 0 Å². The normalized spacial score (nSPS) is 38.1. The Morgan fingerprint density at radius 3 is 2.59 bits per heavy atom. The maximum absolute atomic E-state index is 13.1. The van der Waals surface area contributed by atoms with Crippen molar-refractivity contribution in [1.82, 2.24) is 4.90 Å². The Balaban J connectivity index is 1.96. The molecule has 0 aromatic heterocycles. The van der Waals surface area contributed by atoms with Gasteiger partial charge in [0.25, 0.3) is 5.17 Å². The van der Waals surface area contributed by atoms with Crippen LogP contribution in [-0.4, -0.2) is 38.8 Å². The third-order valence-corrected chi connectivity index (χ3v) is 6.95. The molecule has 3 rings (SSSR count). The highest BCUT2D eigenvalue weighted by molar-refractivity contribution is 7.80. The molecule has 1 N–H and O–H groups in total. The van der Waals surface area contributed by atoms with Crippen molar-refractivity contribution < 1.29 is 14.6 Å². The predicted molar refractivity (Wildman–Crippen MR) is 88.2 cm³/mol. The number of fused-ring (bicyclic) bond motifs is 1. The molecule has 2 aliphatic carbocycles. The molecule has 3 aliphatic rings. The van der Waals surface area contributed by atoms with Crippen LogP contribution >= 0.6 is 12.2 Å². The number of thiocarbonyl (C=S) groups is 1. The van der Waals surface area contributed by atoms with E-state index in [2.05, 4.69) is 13.8 Å². The van der Waals surface area contributed by atoms with Crippen LogP contribution < -0.4 is 0 Å². The van der Waals surface area contributed by atoms with E-state index < -0.39 is 12.0 Å². The second-order valence-electron chi connectivity index (χ2n) is 8.19. The summed E-state index contributed by atoms with van der Waals surface area (Å²) in [6.07, 6.45) is 2.43. The molecule has 3 fully saturated rings. The first-order valence-corrected chi connectivity index (χ1v) is 8.78. The molecule has 1 spiro atoms. The molecule has 2 saturated carbocycles. The Bertz CT molecular complexity index is 518. The Hall–Kier alpha value is -0.680. The molecule has 2 bridgehead atoms. The Morgan fingerprint density at radius 1 is 1.41 bits per heavy atom. The first-order valence-electron chi connectivity index (χ1n) is 8.37. The monoisotopic (exact) mass is 325 g/mol. The number of nitrogens with zero attached hydrogens (tertiary/aromatic N) is 1. The molecule has 0 radical (unpaired) electrons. The van der Waals surface area contributed by atoms with Gasteiger partial charge in [-0.05, 0) is 48.7 Å². The molecule has 22 heavy (non-hydrogen) atoms. The number of ether oxygens (including phenoxy) is 1. The van der Waals surface area contributed by atoms with Gasteiger partial charge in [0, 0.05) is 0 Å². The van der Waals surface area contributed by atoms with Gasteiger partial charge in [0.2, 0.25) is 5.91 Å². The smallest absolute Gasteiger partial charge is 0.267 e. The van der Waals surface area contributed by atoms with Gasteiger partial charge in [-0.25, -0.2) is 0 Å². The molecular weight excluding hydrogens is 298 g/mol. The molecule has 5 heteroatoms. The van der Waals surface area contributed by atoms with Gasteiger partial charge in [0.05, 0.1) is 17.6 Å². The van der Waals surface area contributed by atoms with Gasteiger partial charge >= 0.3 is 0 Å². The molecule has 124 valence electrons. The van der Waals surface area contributed by atoms with Crippen LogP contribution in [0.25, 0.3) is 0 Å². The summed E-state index contributed by atoms with van der Waals surface area (Å²) < 4.78 is 5.92. The molecular formula is C17H27NO3S. The quantitative estimate of drug-likeness (QED) is 0.811. The summed E-state index contributed by atoms with van der Waals surface area (Å²) in [5.41, 5.74) is -0.298. The second kappa shape index (κ2) is 4.91. The van der Waals surface area contributed by atoms with Crippen molar-refractivity contribution in [2.75, 3.05) is 0 Å². The molecule has 4 nitrogen and oxygen atoms in total. The SMILES string of the molecule is CC(C)[C@H](O)[C@@H](C)C(=O)N1C(=S)OC2CC3CCC21C3(C)C. The van der Waals surface area contributed by atoms with E-state index in [0.717, 1.165) is 19.3 Å². The van der Waals surface area contributed by atoms with Crippen LogP contribution in [0.1, 0.15) is 53.9 Å². The molecule has 1 saturated heterocycles. The fourth-order valence-electron chi connectivity index (χ4n) is 5.11. The lowest BCUT2D eigenvalue weighted by Gasteiger charge is -2.43. The van der Waals surface area contributed by atoms with Crippen LogP contribution in [0.2, 0.25) is 0 Å². The van der Waals surface area contributed by atoms with Gasteiger partial charge in [-0.3, -0.25) is 9.69 Å². The first kappa shape index (κ1) is 16.2. The van der Waals surface area contributed by atoms with Crippen LogP contribution in [-0.2, 0) is 9.53 Å². The summed E-state index contributed by atoms with van der Waals surface area (Å²) in [6.45, 7) is 10.1. The Labute approximate surface area is 138 Å². The van der Waals surface area contributed by atoms with Crippen molar-refractivity contribution in [3.05, 3.63) is 0 Å². The number of amides is 1. The minimum absolute atomic E-state index is 0.0103. The van der Waals surface area contributed by atoms with Gasteiger partial charge < -0.3 is 9.84 Å². The Kier molecular flexibility index (Phi) is 3.61. The third-order valence-electron chi connectivity index (χ3n) is 6.67. The maximum Gasteiger partial charge on any atom is 0.267 e. The Morgan fingerprint density at radius 2 is 2.05 bits per heavy atom. The average molecular weight is 325 g/mol. The summed E-state index contributed by atoms with van der Waals surface area (Å²) in [5, 5.41) is 10.6. The van der Waals surface area contributed by atoms with Crippen LogP contribution in [0.3, 0.4) is 0 Å². The highest BCUT2D eigenvalue weighted by atomic mass is 32.1. The fraction of sp³-hybridized carbons (Fsp3) is 0.882. The summed E-state index contributed by atoms with van der Waals surface area (Å²) in [4.78, 5) is 14.9. The molecule has 1 amide bonds. The summed E-state index contributed by atoms with van der Waals surface area (Å²) in [6, 6.07) is 0. The van der Waals surface area contributed by atoms with Crippen molar-refractivity contribution in [2.45, 2.75) is 71.6 Å². The fourth-order valence-corrected chi connectivity index (χ4v) is 5.48. The number of carbonyl (C=O) groups excluding carboxylic acids is 1. The summed E-state index contributed by atoms with van der Waals surface area (Å²) >= 11 is 5.40. The highest BCUT2D eigenvalue weighted by Gasteiger charge is 2.73. The van der Waals surface area contributed by atoms with E-state index >= 15 is 0 Å². The minimum Gasteiger partial charge on any atom is -0.465 e. The van der Waals surface area contributed by atoms with E-state index in [9.17, 15) is 9.90 Å². The largest absolute Gasteiger partial charge is 0.465 e. The number of hydrogen-bond donors (Lipinski definition) is 1. The first-order chi connectivity index (χ1) is 10.1. The zero-order valence-electron chi connectivity index (χ0n) is 14.1. The van der Waals surface area contributed by atoms with Crippen molar-refractivity contribution in [1.29, 1.82) is 0 Å². The van der Waals surface area contributed by atoms with Crippen LogP contribution in [0.15, 0.2) is 0 Å². The highest BCUT2D eigenvalue weighted by Crippen LogP contribution is 2.66. The van der Waals surface area contributed by atoms with E-state index in [0.29, 0.717) is 11.1 Å². The van der Waals surface area contributed by atoms with E-state index in [1.807, 2.05) is 13.8 Å². The van der Waals surface area contributed by atoms with Crippen LogP contribution in [0, 0.1) is 23.2 Å². The number of aliphatic hydroxyl groups is 1. The van der Waals surface area contributed by atoms with Gasteiger partial charge in [-0.1, -0.05) is 34.6 Å². The van der Waals surface area contributed by atoms with E-state index in [-0.39, 0.29) is 28.9 Å². The average Bonchev–Trinajstić information content (AvgIpc) is 2.96. The summed E-state index contributed by atoms with van der Waals surface area (Å²) in [5.74, 6) is 0.0768. The molecule has 0 aromatic carbocycles. The molecule has 5 atom stereocenters. The zero-order valence-corrected chi connectivity index (χ0v) is 14.9. The number of rotatable bonds is 3. The van der Waals surface area contributed by atoms with E-state index in [4.69, 9.17) is 17.0 Å². The zero-order chi connectivity index (χ0) is 16.4. The molecule has 1 aliphatic heterocycles. The van der Waals surface area contributed by atoms with Crippen molar-refractivity contribution in [3.8, 4) is 0 Å². The van der Waals surface area contributed by atoms with Crippen molar-refractivity contribution >= 4 is 23.3 Å². The topological polar surface area (TPSA) is 49.8 Å². The van der Waals surface area contributed by atoms with Crippen LogP contribution in [0.5, 0.6) is 0 Å². The molecule has 3 unspecified atom stereocenters. The lowest BCUT2D eigenvalue weighted by atomic mass is 9.74. The van der Waals surface area contributed by atoms with E-state index in [1.165, 1.54) is 0 Å². The van der Waals surface area contributed by atoms with Crippen molar-refractivity contribution in [2.24, 2.45) is 23.2 Å². The molecule has 0 aromatic rings. The maximum atomic E-state index is 13.1. The van der Waals surface area contributed by atoms with Gasteiger partial charge in [-0.15, -0.1) is 0 Å².